The Labute approximate surface area is 126 Å². The monoisotopic (exact) mass is 311 g/mol. The van der Waals surface area contributed by atoms with Crippen molar-refractivity contribution in [3.63, 3.8) is 0 Å². The molecule has 0 aliphatic carbocycles. The van der Waals surface area contributed by atoms with Gasteiger partial charge in [-0.1, -0.05) is 41.4 Å². The molecule has 0 heterocycles. The fraction of sp³-hybridized carbons (Fsp3) is 0.133. The van der Waals surface area contributed by atoms with Crippen molar-refractivity contribution in [2.24, 2.45) is 0 Å². The van der Waals surface area contributed by atoms with Crippen LogP contribution in [0.4, 0.5) is 4.39 Å². The second-order valence-corrected chi connectivity index (χ2v) is 5.18. The van der Waals surface area contributed by atoms with Gasteiger partial charge in [0.05, 0.1) is 16.6 Å². The number of halogens is 3. The van der Waals surface area contributed by atoms with Gasteiger partial charge >= 0.3 is 0 Å². The van der Waals surface area contributed by atoms with E-state index in [2.05, 4.69) is 5.32 Å². The molecule has 0 saturated carbocycles. The van der Waals surface area contributed by atoms with Gasteiger partial charge in [0.2, 0.25) is 0 Å². The van der Waals surface area contributed by atoms with Crippen molar-refractivity contribution in [1.29, 1.82) is 0 Å². The first-order valence-electron chi connectivity index (χ1n) is 5.99. The molecular formula is C15H12Cl2FNO. The smallest absolute Gasteiger partial charge is 0.253 e. The molecule has 1 atom stereocenters. The van der Waals surface area contributed by atoms with Gasteiger partial charge in [0, 0.05) is 10.6 Å². The van der Waals surface area contributed by atoms with Crippen LogP contribution in [0, 0.1) is 5.82 Å². The third kappa shape index (κ3) is 3.30. The highest BCUT2D eigenvalue weighted by atomic mass is 35.5. The summed E-state index contributed by atoms with van der Waals surface area (Å²) in [6, 6.07) is 10.4. The van der Waals surface area contributed by atoms with Gasteiger partial charge in [-0.05, 0) is 31.2 Å². The molecule has 0 saturated heterocycles. The van der Waals surface area contributed by atoms with Crippen molar-refractivity contribution in [2.75, 3.05) is 0 Å². The summed E-state index contributed by atoms with van der Waals surface area (Å²) in [6.45, 7) is 1.70. The van der Waals surface area contributed by atoms with Gasteiger partial charge in [-0.15, -0.1) is 0 Å². The molecule has 0 spiro atoms. The van der Waals surface area contributed by atoms with Crippen molar-refractivity contribution in [3.8, 4) is 0 Å². The highest BCUT2D eigenvalue weighted by molar-refractivity contribution is 6.35. The molecule has 2 rings (SSSR count). The van der Waals surface area contributed by atoms with E-state index in [9.17, 15) is 9.18 Å². The molecule has 5 heteroatoms. The van der Waals surface area contributed by atoms with Gasteiger partial charge in [-0.3, -0.25) is 4.79 Å². The van der Waals surface area contributed by atoms with Crippen molar-refractivity contribution in [2.45, 2.75) is 13.0 Å². The normalized spacial score (nSPS) is 12.0. The molecule has 0 radical (unpaired) electrons. The first-order chi connectivity index (χ1) is 9.49. The molecule has 0 aliphatic rings. The quantitative estimate of drug-likeness (QED) is 0.880. The van der Waals surface area contributed by atoms with Crippen molar-refractivity contribution in [1.82, 2.24) is 5.32 Å². The Kier molecular flexibility index (Phi) is 4.63. The number of hydrogen-bond acceptors (Lipinski definition) is 1. The number of rotatable bonds is 3. The molecule has 2 aromatic rings. The van der Waals surface area contributed by atoms with Crippen LogP contribution in [0.1, 0.15) is 28.9 Å². The maximum absolute atomic E-state index is 13.6. The molecule has 104 valence electrons. The van der Waals surface area contributed by atoms with E-state index in [4.69, 9.17) is 23.2 Å². The Morgan fingerprint density at radius 3 is 2.60 bits per heavy atom. The zero-order valence-electron chi connectivity index (χ0n) is 10.7. The Bertz CT molecular complexity index is 646. The van der Waals surface area contributed by atoms with E-state index >= 15 is 0 Å². The first-order valence-corrected chi connectivity index (χ1v) is 6.75. The lowest BCUT2D eigenvalue weighted by Gasteiger charge is -2.15. The molecule has 0 unspecified atom stereocenters. The van der Waals surface area contributed by atoms with Crippen LogP contribution in [0.3, 0.4) is 0 Å². The average molecular weight is 312 g/mol. The van der Waals surface area contributed by atoms with Crippen LogP contribution in [-0.2, 0) is 0 Å². The number of nitrogens with one attached hydrogen (secondary N) is 1. The van der Waals surface area contributed by atoms with Gasteiger partial charge in [0.25, 0.3) is 5.91 Å². The standard InChI is InChI=1S/C15H12Cl2FNO/c1-9(11-4-2-3-5-14(11)18)19-15(20)12-8-10(16)6-7-13(12)17/h2-9H,1H3,(H,19,20)/t9-/m0/s1. The molecule has 0 aromatic heterocycles. The number of benzene rings is 2. The molecular weight excluding hydrogens is 300 g/mol. The van der Waals surface area contributed by atoms with E-state index in [-0.39, 0.29) is 11.4 Å². The molecule has 0 aliphatic heterocycles. The maximum atomic E-state index is 13.6. The van der Waals surface area contributed by atoms with E-state index < -0.39 is 11.9 Å². The highest BCUT2D eigenvalue weighted by Gasteiger charge is 2.16. The Balaban J connectivity index is 2.20. The molecule has 20 heavy (non-hydrogen) atoms. The van der Waals surface area contributed by atoms with Crippen LogP contribution >= 0.6 is 23.2 Å². The van der Waals surface area contributed by atoms with Gasteiger partial charge in [0.1, 0.15) is 5.82 Å². The fourth-order valence-electron chi connectivity index (χ4n) is 1.85. The first kappa shape index (κ1) is 14.8. The summed E-state index contributed by atoms with van der Waals surface area (Å²) in [5.41, 5.74) is 0.682. The highest BCUT2D eigenvalue weighted by Crippen LogP contribution is 2.22. The summed E-state index contributed by atoms with van der Waals surface area (Å²) in [5.74, 6) is -0.759. The van der Waals surface area contributed by atoms with Crippen molar-refractivity contribution >= 4 is 29.1 Å². The van der Waals surface area contributed by atoms with E-state index in [0.717, 1.165) is 0 Å². The third-order valence-corrected chi connectivity index (χ3v) is 3.46. The van der Waals surface area contributed by atoms with Crippen LogP contribution in [-0.4, -0.2) is 5.91 Å². The second kappa shape index (κ2) is 6.25. The van der Waals surface area contributed by atoms with Gasteiger partial charge < -0.3 is 5.32 Å². The number of amides is 1. The Morgan fingerprint density at radius 1 is 1.20 bits per heavy atom. The van der Waals surface area contributed by atoms with E-state index in [1.54, 1.807) is 37.3 Å². The minimum Gasteiger partial charge on any atom is -0.345 e. The molecule has 0 bridgehead atoms. The van der Waals surface area contributed by atoms with Crippen LogP contribution in [0.5, 0.6) is 0 Å². The molecule has 0 fully saturated rings. The molecule has 2 nitrogen and oxygen atoms in total. The van der Waals surface area contributed by atoms with Gasteiger partial charge in [-0.2, -0.15) is 0 Å². The second-order valence-electron chi connectivity index (χ2n) is 4.34. The van der Waals surface area contributed by atoms with Crippen LogP contribution in [0.25, 0.3) is 0 Å². The van der Waals surface area contributed by atoms with Crippen LogP contribution < -0.4 is 5.32 Å². The third-order valence-electron chi connectivity index (χ3n) is 2.89. The average Bonchev–Trinajstić information content (AvgIpc) is 2.41. The number of carbonyl (C=O) groups is 1. The lowest BCUT2D eigenvalue weighted by Crippen LogP contribution is -2.27. The summed E-state index contributed by atoms with van der Waals surface area (Å²) in [4.78, 5) is 12.1. The summed E-state index contributed by atoms with van der Waals surface area (Å²) < 4.78 is 13.6. The van der Waals surface area contributed by atoms with E-state index in [1.165, 1.54) is 12.1 Å². The topological polar surface area (TPSA) is 29.1 Å². The predicted octanol–water partition coefficient (Wildman–Crippen LogP) is 4.62. The Morgan fingerprint density at radius 2 is 1.90 bits per heavy atom. The zero-order chi connectivity index (χ0) is 14.7. The number of hydrogen-bond donors (Lipinski definition) is 1. The Hall–Kier alpha value is -1.58. The van der Waals surface area contributed by atoms with E-state index in [0.29, 0.717) is 15.6 Å². The fourth-order valence-corrected chi connectivity index (χ4v) is 2.23. The molecule has 2 aromatic carbocycles. The van der Waals surface area contributed by atoms with Crippen molar-refractivity contribution < 1.29 is 9.18 Å². The SMILES string of the molecule is C[C@H](NC(=O)c1cc(Cl)ccc1Cl)c1ccccc1F. The lowest BCUT2D eigenvalue weighted by molar-refractivity contribution is 0.0939. The van der Waals surface area contributed by atoms with Crippen LogP contribution in [0.2, 0.25) is 10.0 Å². The molecule has 1 amide bonds. The summed E-state index contributed by atoms with van der Waals surface area (Å²) in [6.07, 6.45) is 0. The minimum absolute atomic E-state index is 0.266. The van der Waals surface area contributed by atoms with Gasteiger partial charge in [0.15, 0.2) is 0 Å². The van der Waals surface area contributed by atoms with Crippen molar-refractivity contribution in [3.05, 3.63) is 69.5 Å². The maximum Gasteiger partial charge on any atom is 0.253 e. The summed E-state index contributed by atoms with van der Waals surface area (Å²) in [5, 5.41) is 3.41. The number of carbonyl (C=O) groups excluding carboxylic acids is 1. The zero-order valence-corrected chi connectivity index (χ0v) is 12.2. The summed E-state index contributed by atoms with van der Waals surface area (Å²) in [7, 11) is 0. The van der Waals surface area contributed by atoms with E-state index in [1.807, 2.05) is 0 Å². The summed E-state index contributed by atoms with van der Waals surface area (Å²) >= 11 is 11.8. The van der Waals surface area contributed by atoms with Crippen LogP contribution in [0.15, 0.2) is 42.5 Å². The lowest BCUT2D eigenvalue weighted by atomic mass is 10.1. The predicted molar refractivity (Wildman–Crippen MR) is 78.7 cm³/mol. The molecule has 1 N–H and O–H groups in total. The van der Waals surface area contributed by atoms with Gasteiger partial charge in [-0.25, -0.2) is 4.39 Å². The largest absolute Gasteiger partial charge is 0.345 e. The minimum atomic E-state index is -0.473.